The number of hydrogen-bond acceptors (Lipinski definition) is 8. The summed E-state index contributed by atoms with van der Waals surface area (Å²) in [4.78, 5) is 17.3. The summed E-state index contributed by atoms with van der Waals surface area (Å²) in [5.74, 6) is 0.658. The minimum atomic E-state index is -0.166. The van der Waals surface area contributed by atoms with E-state index in [1.807, 2.05) is 24.3 Å². The second-order valence-electron chi connectivity index (χ2n) is 11.5. The van der Waals surface area contributed by atoms with Gasteiger partial charge < -0.3 is 29.2 Å². The van der Waals surface area contributed by atoms with Crippen molar-refractivity contribution in [2.75, 3.05) is 96.6 Å². The second kappa shape index (κ2) is 21.9. The summed E-state index contributed by atoms with van der Waals surface area (Å²) in [5, 5.41) is 2.90. The summed E-state index contributed by atoms with van der Waals surface area (Å²) >= 11 is 4.14. The number of aryl methyl sites for hydroxylation is 1. The first-order valence-electron chi connectivity index (χ1n) is 16.6. The molecule has 0 aliphatic carbocycles. The van der Waals surface area contributed by atoms with Crippen molar-refractivity contribution in [2.45, 2.75) is 25.4 Å². The summed E-state index contributed by atoms with van der Waals surface area (Å²) in [6.45, 7) is 9.66. The average Bonchev–Trinajstić information content (AvgIpc) is 3.10. The first kappa shape index (κ1) is 36.1. The first-order valence-corrected chi connectivity index (χ1v) is 17.2. The van der Waals surface area contributed by atoms with Crippen molar-refractivity contribution >= 4 is 24.2 Å². The number of amides is 1. The van der Waals surface area contributed by atoms with Crippen molar-refractivity contribution in [2.24, 2.45) is 0 Å². The Balaban J connectivity index is 1.03. The molecule has 0 atom stereocenters. The Kier molecular flexibility index (Phi) is 17.2. The summed E-state index contributed by atoms with van der Waals surface area (Å²) in [6.07, 6.45) is 3.03. The number of ether oxygens (including phenoxy) is 4. The smallest absolute Gasteiger partial charge is 0.250 e. The fraction of sp³-hybridized carbons (Fsp3) is 0.486. The monoisotopic (exact) mass is 649 g/mol. The van der Waals surface area contributed by atoms with Crippen molar-refractivity contribution in [3.8, 4) is 0 Å². The average molecular weight is 650 g/mol. The van der Waals surface area contributed by atoms with Crippen molar-refractivity contribution in [3.63, 3.8) is 0 Å². The Bertz CT molecular complexity index is 1170. The number of thiol groups is 1. The van der Waals surface area contributed by atoms with Crippen LogP contribution < -0.4 is 5.32 Å². The molecule has 0 spiro atoms. The molecular formula is C37H51N3O5S. The zero-order valence-electron chi connectivity index (χ0n) is 27.1. The van der Waals surface area contributed by atoms with Gasteiger partial charge in [-0.1, -0.05) is 72.8 Å². The molecule has 3 aromatic carbocycles. The van der Waals surface area contributed by atoms with Gasteiger partial charge in [0.15, 0.2) is 0 Å². The van der Waals surface area contributed by atoms with E-state index >= 15 is 0 Å². The summed E-state index contributed by atoms with van der Waals surface area (Å²) in [7, 11) is 0. The van der Waals surface area contributed by atoms with Crippen molar-refractivity contribution in [1.29, 1.82) is 0 Å². The Morgan fingerprint density at radius 3 is 1.85 bits per heavy atom. The van der Waals surface area contributed by atoms with Crippen molar-refractivity contribution < 1.29 is 23.7 Å². The standard InChI is InChI=1S/C37H51N3O5S/c41-36(31-44-29-28-43-27-26-42-24-8-30-46)38-35-16-14-32(15-17-35)9-7-18-39-19-21-40(22-20-39)23-25-45-37(33-10-3-1-4-11-33)34-12-5-2-6-13-34/h1-6,10-17,37,46H,7-9,18-31H2,(H,38,41). The first-order chi connectivity index (χ1) is 22.7. The molecule has 1 aliphatic rings. The van der Waals surface area contributed by atoms with Gasteiger partial charge in [0.2, 0.25) is 5.91 Å². The minimum absolute atomic E-state index is 0.00569. The van der Waals surface area contributed by atoms with Crippen LogP contribution in [0.15, 0.2) is 84.9 Å². The lowest BCUT2D eigenvalue weighted by atomic mass is 10.0. The molecule has 4 rings (SSSR count). The summed E-state index contributed by atoms with van der Waals surface area (Å²) in [6, 6.07) is 29.1. The molecule has 250 valence electrons. The molecule has 0 unspecified atom stereocenters. The van der Waals surface area contributed by atoms with E-state index in [9.17, 15) is 4.79 Å². The van der Waals surface area contributed by atoms with Gasteiger partial charge in [0.25, 0.3) is 0 Å². The fourth-order valence-corrected chi connectivity index (χ4v) is 5.54. The number of nitrogens with one attached hydrogen (secondary N) is 1. The predicted molar refractivity (Wildman–Crippen MR) is 188 cm³/mol. The number of carbonyl (C=O) groups is 1. The van der Waals surface area contributed by atoms with Gasteiger partial charge in [-0.15, -0.1) is 0 Å². The molecule has 9 heteroatoms. The fourth-order valence-electron chi connectivity index (χ4n) is 5.41. The van der Waals surface area contributed by atoms with Gasteiger partial charge in [-0.25, -0.2) is 0 Å². The van der Waals surface area contributed by atoms with Crippen LogP contribution in [0.3, 0.4) is 0 Å². The third-order valence-electron chi connectivity index (χ3n) is 7.96. The highest BCUT2D eigenvalue weighted by molar-refractivity contribution is 7.80. The van der Waals surface area contributed by atoms with Crippen molar-refractivity contribution in [1.82, 2.24) is 9.80 Å². The van der Waals surface area contributed by atoms with Crippen LogP contribution in [0.1, 0.15) is 35.6 Å². The number of hydrogen-bond donors (Lipinski definition) is 2. The van der Waals surface area contributed by atoms with Crippen LogP contribution >= 0.6 is 12.6 Å². The van der Waals surface area contributed by atoms with E-state index < -0.39 is 0 Å². The second-order valence-corrected chi connectivity index (χ2v) is 11.9. The maximum atomic E-state index is 12.2. The van der Waals surface area contributed by atoms with E-state index in [1.54, 1.807) is 0 Å². The van der Waals surface area contributed by atoms with E-state index in [0.717, 1.165) is 70.0 Å². The number of anilines is 1. The van der Waals surface area contributed by atoms with Gasteiger partial charge in [0, 0.05) is 45.0 Å². The molecule has 46 heavy (non-hydrogen) atoms. The normalized spacial score (nSPS) is 14.1. The highest BCUT2D eigenvalue weighted by Crippen LogP contribution is 2.25. The Hall–Kier alpha value is -2.76. The third-order valence-corrected chi connectivity index (χ3v) is 8.28. The van der Waals surface area contributed by atoms with Crippen molar-refractivity contribution in [3.05, 3.63) is 102 Å². The van der Waals surface area contributed by atoms with Crippen LogP contribution in [0.25, 0.3) is 0 Å². The molecule has 1 saturated heterocycles. The molecule has 1 heterocycles. The van der Waals surface area contributed by atoms with Gasteiger partial charge in [0.1, 0.15) is 12.7 Å². The molecule has 8 nitrogen and oxygen atoms in total. The number of nitrogens with zero attached hydrogens (tertiary/aromatic N) is 2. The molecule has 1 aliphatic heterocycles. The molecule has 0 saturated carbocycles. The van der Waals surface area contributed by atoms with E-state index in [4.69, 9.17) is 18.9 Å². The number of carbonyl (C=O) groups excluding carboxylic acids is 1. The maximum absolute atomic E-state index is 12.2. The number of piperazine rings is 1. The molecule has 0 radical (unpaired) electrons. The Labute approximate surface area is 280 Å². The van der Waals surface area contributed by atoms with Crippen LogP contribution in [-0.2, 0) is 30.2 Å². The predicted octanol–water partition coefficient (Wildman–Crippen LogP) is 5.35. The van der Waals surface area contributed by atoms with Crippen LogP contribution in [0.5, 0.6) is 0 Å². The summed E-state index contributed by atoms with van der Waals surface area (Å²) < 4.78 is 22.7. The lowest BCUT2D eigenvalue weighted by Crippen LogP contribution is -2.47. The van der Waals surface area contributed by atoms with E-state index in [0.29, 0.717) is 39.6 Å². The molecule has 1 amide bonds. The zero-order chi connectivity index (χ0) is 32.1. The lowest BCUT2D eigenvalue weighted by molar-refractivity contribution is -0.121. The SMILES string of the molecule is O=C(COCCOCCOCCCS)Nc1ccc(CCCN2CCN(CCOC(c3ccccc3)c3ccccc3)CC2)cc1. The summed E-state index contributed by atoms with van der Waals surface area (Å²) in [5.41, 5.74) is 4.45. The van der Waals surface area contributed by atoms with Crippen LogP contribution in [0.4, 0.5) is 5.69 Å². The molecule has 0 bridgehead atoms. The van der Waals surface area contributed by atoms with Gasteiger partial charge in [-0.2, -0.15) is 12.6 Å². The van der Waals surface area contributed by atoms with Gasteiger partial charge in [-0.3, -0.25) is 9.69 Å². The highest BCUT2D eigenvalue weighted by Gasteiger charge is 2.18. The maximum Gasteiger partial charge on any atom is 0.250 e. The van der Waals surface area contributed by atoms with E-state index in [1.165, 1.54) is 16.7 Å². The molecular weight excluding hydrogens is 598 g/mol. The van der Waals surface area contributed by atoms with E-state index in [-0.39, 0.29) is 18.6 Å². The Morgan fingerprint density at radius 2 is 1.24 bits per heavy atom. The largest absolute Gasteiger partial charge is 0.379 e. The Morgan fingerprint density at radius 1 is 0.674 bits per heavy atom. The number of rotatable bonds is 22. The van der Waals surface area contributed by atoms with Gasteiger partial charge in [-0.05, 0) is 60.4 Å². The molecule has 0 aromatic heterocycles. The molecule has 3 aromatic rings. The van der Waals surface area contributed by atoms with E-state index in [2.05, 4.69) is 88.4 Å². The quantitative estimate of drug-likeness (QED) is 0.112. The topological polar surface area (TPSA) is 72.5 Å². The zero-order valence-corrected chi connectivity index (χ0v) is 28.0. The van der Waals surface area contributed by atoms with Gasteiger partial charge >= 0.3 is 0 Å². The van der Waals surface area contributed by atoms with Gasteiger partial charge in [0.05, 0.1) is 33.0 Å². The third kappa shape index (κ3) is 13.9. The highest BCUT2D eigenvalue weighted by atomic mass is 32.1. The van der Waals surface area contributed by atoms with Crippen LogP contribution in [0, 0.1) is 0 Å². The lowest BCUT2D eigenvalue weighted by Gasteiger charge is -2.35. The number of benzene rings is 3. The van der Waals surface area contributed by atoms with Crippen LogP contribution in [-0.4, -0.2) is 107 Å². The minimum Gasteiger partial charge on any atom is -0.379 e. The van der Waals surface area contributed by atoms with Crippen LogP contribution in [0.2, 0.25) is 0 Å². The molecule has 1 N–H and O–H groups in total. The molecule has 1 fully saturated rings.